The summed E-state index contributed by atoms with van der Waals surface area (Å²) >= 11 is 11.2. The van der Waals surface area contributed by atoms with Crippen LogP contribution in [0, 0.1) is 0 Å². The van der Waals surface area contributed by atoms with Gasteiger partial charge in [0.15, 0.2) is 12.6 Å². The predicted molar refractivity (Wildman–Crippen MR) is 73.7 cm³/mol. The lowest BCUT2D eigenvalue weighted by molar-refractivity contribution is 0.111. The van der Waals surface area contributed by atoms with E-state index in [9.17, 15) is 9.59 Å². The Morgan fingerprint density at radius 2 is 1.00 bits per heavy atom. The first-order chi connectivity index (χ1) is 8.69. The highest BCUT2D eigenvalue weighted by Gasteiger charge is 1.93. The first-order valence-corrected chi connectivity index (χ1v) is 5.84. The van der Waals surface area contributed by atoms with Gasteiger partial charge in [-0.2, -0.15) is 0 Å². The minimum Gasteiger partial charge on any atom is -0.298 e. The maximum absolute atomic E-state index is 10.1. The molecule has 18 heavy (non-hydrogen) atoms. The molecule has 0 aliphatic carbocycles. The number of carbonyl (C=O) groups is 2. The molecular weight excluding hydrogens is 271 g/mol. The zero-order chi connectivity index (χ0) is 13.4. The molecule has 0 aromatic heterocycles. The van der Waals surface area contributed by atoms with Crippen LogP contribution < -0.4 is 0 Å². The summed E-state index contributed by atoms with van der Waals surface area (Å²) in [6, 6.07) is 13.8. The van der Waals surface area contributed by atoms with Crippen molar-refractivity contribution in [1.82, 2.24) is 0 Å². The molecule has 2 nitrogen and oxygen atoms in total. The molecule has 0 heterocycles. The summed E-state index contributed by atoms with van der Waals surface area (Å²) in [4.78, 5) is 20.3. The molecule has 2 aromatic rings. The third kappa shape index (κ3) is 4.32. The Bertz CT molecular complexity index is 489. The quantitative estimate of drug-likeness (QED) is 0.769. The van der Waals surface area contributed by atoms with Crippen molar-refractivity contribution in [3.8, 4) is 0 Å². The molecule has 2 rings (SSSR count). The first-order valence-electron chi connectivity index (χ1n) is 5.08. The Morgan fingerprint density at radius 1 is 0.667 bits per heavy atom. The van der Waals surface area contributed by atoms with Crippen molar-refractivity contribution >= 4 is 35.8 Å². The molecule has 0 aliphatic heterocycles. The molecule has 0 saturated carbocycles. The normalized spacial score (nSPS) is 9.00. The zero-order valence-electron chi connectivity index (χ0n) is 9.35. The summed E-state index contributed by atoms with van der Waals surface area (Å²) < 4.78 is 0. The molecule has 0 radical (unpaired) electrons. The maximum atomic E-state index is 10.1. The number of carbonyl (C=O) groups excluding carboxylic acids is 2. The maximum Gasteiger partial charge on any atom is 0.151 e. The molecule has 4 heteroatoms. The molecule has 2 aromatic carbocycles. The zero-order valence-corrected chi connectivity index (χ0v) is 10.9. The fourth-order valence-corrected chi connectivity index (χ4v) is 1.50. The van der Waals surface area contributed by atoms with Crippen molar-refractivity contribution in [1.29, 1.82) is 0 Å². The smallest absolute Gasteiger partial charge is 0.151 e. The van der Waals surface area contributed by atoms with Crippen LogP contribution in [0.15, 0.2) is 48.5 Å². The van der Waals surface area contributed by atoms with Crippen LogP contribution in [-0.4, -0.2) is 12.6 Å². The number of halogens is 2. The summed E-state index contributed by atoms with van der Waals surface area (Å²) in [5, 5.41) is 1.01. The molecular formula is C14H10Cl2O2. The monoisotopic (exact) mass is 280 g/mol. The van der Waals surface area contributed by atoms with Gasteiger partial charge in [-0.15, -0.1) is 0 Å². The number of hydrogen-bond donors (Lipinski definition) is 0. The van der Waals surface area contributed by atoms with Gasteiger partial charge in [-0.25, -0.2) is 0 Å². The predicted octanol–water partition coefficient (Wildman–Crippen LogP) is 4.31. The molecule has 0 amide bonds. The minimum atomic E-state index is 0.507. The highest BCUT2D eigenvalue weighted by molar-refractivity contribution is 6.33. The summed E-state index contributed by atoms with van der Waals surface area (Å²) in [6.07, 6.45) is 1.48. The van der Waals surface area contributed by atoms with Gasteiger partial charge in [-0.05, 0) is 12.1 Å². The number of benzene rings is 2. The van der Waals surface area contributed by atoms with E-state index in [2.05, 4.69) is 0 Å². The third-order valence-corrected chi connectivity index (χ3v) is 2.75. The van der Waals surface area contributed by atoms with Gasteiger partial charge in [0.2, 0.25) is 0 Å². The molecule has 0 fully saturated rings. The molecule has 0 aliphatic rings. The fourth-order valence-electron chi connectivity index (χ4n) is 1.14. The molecule has 0 saturated heterocycles. The third-order valence-electron chi connectivity index (χ3n) is 2.06. The molecule has 0 bridgehead atoms. The standard InChI is InChI=1S/2C7H5ClO/c2*8-7-4-2-1-3-6(7)5-9/h2*1-5H. The largest absolute Gasteiger partial charge is 0.298 e. The van der Waals surface area contributed by atoms with Crippen LogP contribution in [0.1, 0.15) is 20.7 Å². The van der Waals surface area contributed by atoms with Gasteiger partial charge in [-0.1, -0.05) is 59.6 Å². The Hall–Kier alpha value is -1.64. The summed E-state index contributed by atoms with van der Waals surface area (Å²) in [5.41, 5.74) is 1.08. The van der Waals surface area contributed by atoms with E-state index < -0.39 is 0 Å². The van der Waals surface area contributed by atoms with Crippen LogP contribution in [0.4, 0.5) is 0 Å². The minimum absolute atomic E-state index is 0.507. The summed E-state index contributed by atoms with van der Waals surface area (Å²) in [7, 11) is 0. The highest BCUT2D eigenvalue weighted by Crippen LogP contribution is 2.12. The van der Waals surface area contributed by atoms with E-state index in [1.807, 2.05) is 0 Å². The van der Waals surface area contributed by atoms with E-state index in [0.717, 1.165) is 12.6 Å². The topological polar surface area (TPSA) is 34.1 Å². The number of hydrogen-bond acceptors (Lipinski definition) is 2. The van der Waals surface area contributed by atoms with Gasteiger partial charge in [0.1, 0.15) is 0 Å². The van der Waals surface area contributed by atoms with Gasteiger partial charge in [0.05, 0.1) is 10.0 Å². The Kier molecular flexibility index (Phi) is 6.12. The van der Waals surface area contributed by atoms with E-state index in [1.165, 1.54) is 0 Å². The molecule has 0 spiro atoms. The Balaban J connectivity index is 0.000000180. The average molecular weight is 281 g/mol. The summed E-state index contributed by atoms with van der Waals surface area (Å²) in [6.45, 7) is 0. The molecule has 0 unspecified atom stereocenters. The number of aldehydes is 2. The van der Waals surface area contributed by atoms with Gasteiger partial charge < -0.3 is 0 Å². The van der Waals surface area contributed by atoms with Gasteiger partial charge in [-0.3, -0.25) is 9.59 Å². The Labute approximate surface area is 115 Å². The van der Waals surface area contributed by atoms with Crippen LogP contribution in [0.5, 0.6) is 0 Å². The van der Waals surface area contributed by atoms with Crippen LogP contribution in [0.3, 0.4) is 0 Å². The second-order valence-electron chi connectivity index (χ2n) is 3.28. The lowest BCUT2D eigenvalue weighted by Gasteiger charge is -1.90. The SMILES string of the molecule is O=Cc1ccccc1Cl.O=Cc1ccccc1Cl. The second kappa shape index (κ2) is 7.64. The number of rotatable bonds is 2. The van der Waals surface area contributed by atoms with E-state index in [0.29, 0.717) is 21.2 Å². The van der Waals surface area contributed by atoms with Crippen LogP contribution >= 0.6 is 23.2 Å². The van der Waals surface area contributed by atoms with Crippen molar-refractivity contribution in [2.45, 2.75) is 0 Å². The van der Waals surface area contributed by atoms with Crippen molar-refractivity contribution in [3.63, 3.8) is 0 Å². The summed E-state index contributed by atoms with van der Waals surface area (Å²) in [5.74, 6) is 0. The Morgan fingerprint density at radius 3 is 1.22 bits per heavy atom. The fraction of sp³-hybridized carbons (Fsp3) is 0. The van der Waals surface area contributed by atoms with E-state index in [1.54, 1.807) is 48.5 Å². The average Bonchev–Trinajstić information content (AvgIpc) is 2.41. The van der Waals surface area contributed by atoms with Crippen LogP contribution in [-0.2, 0) is 0 Å². The lowest BCUT2D eigenvalue weighted by Crippen LogP contribution is -1.77. The van der Waals surface area contributed by atoms with Gasteiger partial charge in [0, 0.05) is 11.1 Å². The lowest BCUT2D eigenvalue weighted by atomic mass is 10.2. The van der Waals surface area contributed by atoms with E-state index in [4.69, 9.17) is 23.2 Å². The molecule has 0 N–H and O–H groups in total. The van der Waals surface area contributed by atoms with Gasteiger partial charge >= 0.3 is 0 Å². The molecule has 92 valence electrons. The van der Waals surface area contributed by atoms with Gasteiger partial charge in [0.25, 0.3) is 0 Å². The van der Waals surface area contributed by atoms with Crippen molar-refractivity contribution in [2.24, 2.45) is 0 Å². The second-order valence-corrected chi connectivity index (χ2v) is 4.09. The highest BCUT2D eigenvalue weighted by atomic mass is 35.5. The van der Waals surface area contributed by atoms with Crippen LogP contribution in [0.2, 0.25) is 10.0 Å². The van der Waals surface area contributed by atoms with Crippen molar-refractivity contribution in [2.75, 3.05) is 0 Å². The van der Waals surface area contributed by atoms with E-state index in [-0.39, 0.29) is 0 Å². The first kappa shape index (κ1) is 14.4. The van der Waals surface area contributed by atoms with Crippen molar-refractivity contribution in [3.05, 3.63) is 69.7 Å². The molecule has 0 atom stereocenters. The van der Waals surface area contributed by atoms with Crippen molar-refractivity contribution < 1.29 is 9.59 Å². The van der Waals surface area contributed by atoms with E-state index >= 15 is 0 Å². The van der Waals surface area contributed by atoms with Crippen LogP contribution in [0.25, 0.3) is 0 Å².